The van der Waals surface area contributed by atoms with E-state index < -0.39 is 38.8 Å². The summed E-state index contributed by atoms with van der Waals surface area (Å²) >= 11 is 0. The topological polar surface area (TPSA) is 52.6 Å². The van der Waals surface area contributed by atoms with Crippen LogP contribution in [0.2, 0.25) is 0 Å². The minimum atomic E-state index is -6.08. The highest BCUT2D eigenvalue weighted by atomic mass is 32.2. The standard InChI is InChI=1S/C8H5F5O4S/c1-16-4-2-5(9)7(10)6(3-4)17-18(14,15)8(11,12)13/h2-3H,1H3. The van der Waals surface area contributed by atoms with Gasteiger partial charge < -0.3 is 8.92 Å². The van der Waals surface area contributed by atoms with Crippen molar-refractivity contribution < 1.29 is 39.3 Å². The van der Waals surface area contributed by atoms with Crippen molar-refractivity contribution in [2.24, 2.45) is 0 Å². The van der Waals surface area contributed by atoms with E-state index in [9.17, 15) is 30.4 Å². The number of alkyl halides is 3. The summed E-state index contributed by atoms with van der Waals surface area (Å²) in [5.74, 6) is -5.32. The largest absolute Gasteiger partial charge is 0.534 e. The summed E-state index contributed by atoms with van der Waals surface area (Å²) < 4.78 is 91.0. The number of hydrogen-bond donors (Lipinski definition) is 0. The summed E-state index contributed by atoms with van der Waals surface area (Å²) in [6.07, 6.45) is 0. The molecule has 0 aliphatic heterocycles. The van der Waals surface area contributed by atoms with Crippen molar-refractivity contribution in [3.05, 3.63) is 23.8 Å². The maximum atomic E-state index is 13.0. The van der Waals surface area contributed by atoms with Crippen molar-refractivity contribution in [3.8, 4) is 11.5 Å². The third kappa shape index (κ3) is 2.81. The van der Waals surface area contributed by atoms with Crippen LogP contribution in [-0.2, 0) is 10.1 Å². The van der Waals surface area contributed by atoms with Crippen molar-refractivity contribution in [1.29, 1.82) is 0 Å². The number of halogens is 5. The van der Waals surface area contributed by atoms with E-state index in [1.165, 1.54) is 0 Å². The summed E-state index contributed by atoms with van der Waals surface area (Å²) in [6, 6.07) is 0.990. The zero-order chi connectivity index (χ0) is 14.1. The molecule has 0 saturated heterocycles. The van der Waals surface area contributed by atoms with Crippen LogP contribution in [0, 0.1) is 11.6 Å². The lowest BCUT2D eigenvalue weighted by Crippen LogP contribution is -2.28. The van der Waals surface area contributed by atoms with Crippen LogP contribution in [0.1, 0.15) is 0 Å². The van der Waals surface area contributed by atoms with Crippen molar-refractivity contribution in [3.63, 3.8) is 0 Å². The van der Waals surface area contributed by atoms with E-state index in [0.717, 1.165) is 7.11 Å². The predicted molar refractivity (Wildman–Crippen MR) is 48.5 cm³/mol. The van der Waals surface area contributed by atoms with Crippen LogP contribution < -0.4 is 8.92 Å². The summed E-state index contributed by atoms with van der Waals surface area (Å²) in [5, 5.41) is 0. The zero-order valence-electron chi connectivity index (χ0n) is 8.59. The highest BCUT2D eigenvalue weighted by Gasteiger charge is 2.49. The molecular formula is C8H5F5O4S. The van der Waals surface area contributed by atoms with Gasteiger partial charge in [0.05, 0.1) is 7.11 Å². The molecule has 0 aliphatic carbocycles. The number of rotatable bonds is 3. The van der Waals surface area contributed by atoms with Gasteiger partial charge in [-0.15, -0.1) is 0 Å². The van der Waals surface area contributed by atoms with Gasteiger partial charge in [0.1, 0.15) is 5.75 Å². The Balaban J connectivity index is 3.24. The zero-order valence-corrected chi connectivity index (χ0v) is 9.40. The molecule has 102 valence electrons. The molecule has 0 spiro atoms. The van der Waals surface area contributed by atoms with Crippen LogP contribution in [0.25, 0.3) is 0 Å². The SMILES string of the molecule is COc1cc(F)c(F)c(OS(=O)(=O)C(F)(F)F)c1. The first-order valence-electron chi connectivity index (χ1n) is 4.12. The molecule has 0 aromatic heterocycles. The molecule has 0 radical (unpaired) electrons. The second kappa shape index (κ2) is 4.59. The second-order valence-electron chi connectivity index (χ2n) is 2.90. The molecule has 1 aromatic rings. The first kappa shape index (κ1) is 14.5. The second-order valence-corrected chi connectivity index (χ2v) is 4.44. The Bertz CT molecular complexity index is 551. The summed E-state index contributed by atoms with van der Waals surface area (Å²) in [7, 11) is -5.05. The van der Waals surface area contributed by atoms with Crippen molar-refractivity contribution >= 4 is 10.1 Å². The maximum absolute atomic E-state index is 13.0. The van der Waals surface area contributed by atoms with Crippen LogP contribution in [0.3, 0.4) is 0 Å². The molecule has 0 amide bonds. The van der Waals surface area contributed by atoms with Crippen LogP contribution >= 0.6 is 0 Å². The van der Waals surface area contributed by atoms with Gasteiger partial charge in [-0.05, 0) is 0 Å². The Labute approximate surface area is 98.1 Å². The van der Waals surface area contributed by atoms with E-state index in [0.29, 0.717) is 12.1 Å². The monoisotopic (exact) mass is 292 g/mol. The van der Waals surface area contributed by atoms with E-state index >= 15 is 0 Å². The molecule has 1 aromatic carbocycles. The molecule has 0 saturated carbocycles. The van der Waals surface area contributed by atoms with Gasteiger partial charge in [-0.1, -0.05) is 0 Å². The van der Waals surface area contributed by atoms with Crippen LogP contribution in [0.15, 0.2) is 12.1 Å². The van der Waals surface area contributed by atoms with Gasteiger partial charge in [0.2, 0.25) is 5.82 Å². The van der Waals surface area contributed by atoms with E-state index in [2.05, 4.69) is 8.92 Å². The molecule has 0 fully saturated rings. The number of hydrogen-bond acceptors (Lipinski definition) is 4. The average molecular weight is 292 g/mol. The Morgan fingerprint density at radius 2 is 1.72 bits per heavy atom. The first-order valence-corrected chi connectivity index (χ1v) is 5.53. The van der Waals surface area contributed by atoms with Gasteiger partial charge in [-0.25, -0.2) is 4.39 Å². The summed E-state index contributed by atoms with van der Waals surface area (Å²) in [5.41, 5.74) is -5.75. The molecule has 0 atom stereocenters. The van der Waals surface area contributed by atoms with Crippen molar-refractivity contribution in [1.82, 2.24) is 0 Å². The highest BCUT2D eigenvalue weighted by Crippen LogP contribution is 2.31. The van der Waals surface area contributed by atoms with Crippen molar-refractivity contribution in [2.45, 2.75) is 5.51 Å². The first-order chi connectivity index (χ1) is 8.08. The molecule has 0 aliphatic rings. The Kier molecular flexibility index (Phi) is 3.70. The van der Waals surface area contributed by atoms with Gasteiger partial charge in [0.15, 0.2) is 11.6 Å². The lowest BCUT2D eigenvalue weighted by Gasteiger charge is -2.11. The Morgan fingerprint density at radius 1 is 1.17 bits per heavy atom. The van der Waals surface area contributed by atoms with Gasteiger partial charge >= 0.3 is 15.6 Å². The molecule has 0 N–H and O–H groups in total. The molecule has 10 heteroatoms. The number of ether oxygens (including phenoxy) is 1. The molecule has 18 heavy (non-hydrogen) atoms. The summed E-state index contributed by atoms with van der Waals surface area (Å²) in [4.78, 5) is 0. The van der Waals surface area contributed by atoms with Gasteiger partial charge in [-0.3, -0.25) is 0 Å². The third-order valence-electron chi connectivity index (χ3n) is 1.69. The number of methoxy groups -OCH3 is 1. The minimum absolute atomic E-state index is 0.402. The van der Waals surface area contributed by atoms with Crippen LogP contribution in [0.4, 0.5) is 22.0 Å². The number of benzene rings is 1. The van der Waals surface area contributed by atoms with Crippen molar-refractivity contribution in [2.75, 3.05) is 7.11 Å². The van der Waals surface area contributed by atoms with E-state index in [-0.39, 0.29) is 0 Å². The lowest BCUT2D eigenvalue weighted by atomic mass is 10.3. The van der Waals surface area contributed by atoms with Crippen LogP contribution in [-0.4, -0.2) is 21.0 Å². The normalized spacial score (nSPS) is 12.3. The van der Waals surface area contributed by atoms with E-state index in [1.807, 2.05) is 0 Å². The highest BCUT2D eigenvalue weighted by molar-refractivity contribution is 7.88. The maximum Gasteiger partial charge on any atom is 0.534 e. The van der Waals surface area contributed by atoms with E-state index in [1.54, 1.807) is 0 Å². The average Bonchev–Trinajstić information content (AvgIpc) is 2.22. The van der Waals surface area contributed by atoms with Gasteiger partial charge in [-0.2, -0.15) is 26.0 Å². The Morgan fingerprint density at radius 3 is 2.17 bits per heavy atom. The Hall–Kier alpha value is -1.58. The fourth-order valence-electron chi connectivity index (χ4n) is 0.884. The fraction of sp³-hybridized carbons (Fsp3) is 0.250. The molecular weight excluding hydrogens is 287 g/mol. The molecule has 0 bridgehead atoms. The molecule has 0 unspecified atom stereocenters. The minimum Gasteiger partial charge on any atom is -0.497 e. The van der Waals surface area contributed by atoms with Gasteiger partial charge in [0.25, 0.3) is 0 Å². The van der Waals surface area contributed by atoms with Crippen LogP contribution in [0.5, 0.6) is 11.5 Å². The molecule has 1 rings (SSSR count). The van der Waals surface area contributed by atoms with E-state index in [4.69, 9.17) is 0 Å². The summed E-state index contributed by atoms with van der Waals surface area (Å²) in [6.45, 7) is 0. The molecule has 4 nitrogen and oxygen atoms in total. The third-order valence-corrected chi connectivity index (χ3v) is 2.65. The fourth-order valence-corrected chi connectivity index (χ4v) is 1.34. The van der Waals surface area contributed by atoms with Gasteiger partial charge in [0, 0.05) is 12.1 Å². The lowest BCUT2D eigenvalue weighted by molar-refractivity contribution is -0.0501. The molecule has 0 heterocycles. The smallest absolute Gasteiger partial charge is 0.497 e. The predicted octanol–water partition coefficient (Wildman–Crippen LogP) is 2.20. The quantitative estimate of drug-likeness (QED) is 0.487.